The van der Waals surface area contributed by atoms with Gasteiger partial charge < -0.3 is 10.2 Å². The van der Waals surface area contributed by atoms with Crippen LogP contribution in [-0.4, -0.2) is 19.0 Å². The van der Waals surface area contributed by atoms with Gasteiger partial charge in [0.25, 0.3) is 5.91 Å². The van der Waals surface area contributed by atoms with Crippen LogP contribution in [0.5, 0.6) is 0 Å². The van der Waals surface area contributed by atoms with Crippen LogP contribution in [0, 0.1) is 0 Å². The molecule has 0 spiro atoms. The number of hydrogen-bond acceptors (Lipinski definition) is 2. The monoisotopic (exact) mass is 359 g/mol. The number of carbonyl (C=O) groups is 1. The molecule has 0 bridgehead atoms. The highest BCUT2D eigenvalue weighted by Crippen LogP contribution is 2.23. The SMILES string of the molecule is C[C@@H](C(=O)Nc1cccc2ccccc12)[NH+](C)Cc1ccc(Cl)s1. The molecule has 2 N–H and O–H groups in total. The zero-order valence-electron chi connectivity index (χ0n) is 13.7. The van der Waals surface area contributed by atoms with Crippen molar-refractivity contribution in [3.8, 4) is 0 Å². The van der Waals surface area contributed by atoms with Crippen LogP contribution in [0.1, 0.15) is 11.8 Å². The van der Waals surface area contributed by atoms with Crippen LogP contribution >= 0.6 is 22.9 Å². The van der Waals surface area contributed by atoms with Gasteiger partial charge >= 0.3 is 0 Å². The molecular weight excluding hydrogens is 340 g/mol. The van der Waals surface area contributed by atoms with E-state index in [1.165, 1.54) is 4.88 Å². The molecule has 3 rings (SSSR count). The van der Waals surface area contributed by atoms with Crippen molar-refractivity contribution in [2.24, 2.45) is 0 Å². The van der Waals surface area contributed by atoms with E-state index < -0.39 is 0 Å². The zero-order valence-corrected chi connectivity index (χ0v) is 15.2. The zero-order chi connectivity index (χ0) is 17.1. The van der Waals surface area contributed by atoms with Crippen LogP contribution in [0.4, 0.5) is 5.69 Å². The number of benzene rings is 2. The Labute approximate surface area is 150 Å². The first-order chi connectivity index (χ1) is 11.5. The number of likely N-dealkylation sites (N-methyl/N-ethyl adjacent to an activating group) is 1. The molecule has 1 amide bonds. The largest absolute Gasteiger partial charge is 0.323 e. The first-order valence-electron chi connectivity index (χ1n) is 7.90. The number of rotatable bonds is 5. The topological polar surface area (TPSA) is 33.5 Å². The van der Waals surface area contributed by atoms with E-state index in [-0.39, 0.29) is 11.9 Å². The molecule has 0 saturated heterocycles. The summed E-state index contributed by atoms with van der Waals surface area (Å²) in [6.07, 6.45) is 0. The van der Waals surface area contributed by atoms with Gasteiger partial charge in [0.1, 0.15) is 6.54 Å². The Bertz CT molecular complexity index is 856. The van der Waals surface area contributed by atoms with Crippen molar-refractivity contribution in [1.82, 2.24) is 0 Å². The van der Waals surface area contributed by atoms with Gasteiger partial charge in [-0.25, -0.2) is 0 Å². The Morgan fingerprint density at radius 1 is 1.17 bits per heavy atom. The Kier molecular flexibility index (Phi) is 5.19. The standard InChI is InChI=1S/C19H19ClN2OS/c1-13(22(2)12-15-10-11-18(20)24-15)19(23)21-17-9-5-7-14-6-3-4-8-16(14)17/h3-11,13H,12H2,1-2H3,(H,21,23)/p+1/t13-/m0/s1. The van der Waals surface area contributed by atoms with Crippen molar-refractivity contribution >= 4 is 45.3 Å². The number of nitrogens with one attached hydrogen (secondary N) is 2. The highest BCUT2D eigenvalue weighted by molar-refractivity contribution is 7.16. The third-order valence-corrected chi connectivity index (χ3v) is 5.49. The minimum absolute atomic E-state index is 0.0199. The lowest BCUT2D eigenvalue weighted by Crippen LogP contribution is -3.12. The number of amides is 1. The average Bonchev–Trinajstić information content (AvgIpc) is 2.99. The van der Waals surface area contributed by atoms with Crippen LogP contribution < -0.4 is 10.2 Å². The van der Waals surface area contributed by atoms with Gasteiger partial charge in [0.2, 0.25) is 0 Å². The normalized spacial score (nSPS) is 13.6. The summed E-state index contributed by atoms with van der Waals surface area (Å²) in [5.41, 5.74) is 0.858. The summed E-state index contributed by atoms with van der Waals surface area (Å²) in [5, 5.41) is 5.25. The molecule has 124 valence electrons. The number of thiophene rings is 1. The van der Waals surface area contributed by atoms with Gasteiger partial charge in [0.15, 0.2) is 6.04 Å². The van der Waals surface area contributed by atoms with Crippen molar-refractivity contribution in [1.29, 1.82) is 0 Å². The van der Waals surface area contributed by atoms with Gasteiger partial charge in [-0.1, -0.05) is 48.0 Å². The molecule has 0 aliphatic carbocycles. The third kappa shape index (κ3) is 3.78. The van der Waals surface area contributed by atoms with Crippen LogP contribution in [0.25, 0.3) is 10.8 Å². The quantitative estimate of drug-likeness (QED) is 0.717. The molecule has 0 aliphatic rings. The minimum atomic E-state index is -0.162. The predicted molar refractivity (Wildman–Crippen MR) is 102 cm³/mol. The number of fused-ring (bicyclic) bond motifs is 1. The Morgan fingerprint density at radius 2 is 1.92 bits per heavy atom. The van der Waals surface area contributed by atoms with Crippen molar-refractivity contribution in [2.45, 2.75) is 19.5 Å². The predicted octanol–water partition coefficient (Wildman–Crippen LogP) is 3.60. The van der Waals surface area contributed by atoms with E-state index in [1.54, 1.807) is 11.3 Å². The van der Waals surface area contributed by atoms with Gasteiger partial charge in [-0.05, 0) is 30.5 Å². The van der Waals surface area contributed by atoms with Crippen molar-refractivity contribution < 1.29 is 9.69 Å². The van der Waals surface area contributed by atoms with E-state index in [1.807, 2.05) is 68.6 Å². The van der Waals surface area contributed by atoms with Crippen molar-refractivity contribution in [3.05, 3.63) is 63.8 Å². The maximum absolute atomic E-state index is 12.6. The number of anilines is 1. The average molecular weight is 360 g/mol. The highest BCUT2D eigenvalue weighted by Gasteiger charge is 2.23. The third-order valence-electron chi connectivity index (χ3n) is 4.26. The Balaban J connectivity index is 1.71. The van der Waals surface area contributed by atoms with Gasteiger partial charge in [0, 0.05) is 11.1 Å². The summed E-state index contributed by atoms with van der Waals surface area (Å²) < 4.78 is 0.783. The van der Waals surface area contributed by atoms with Gasteiger partial charge in [-0.3, -0.25) is 4.79 Å². The van der Waals surface area contributed by atoms with E-state index in [2.05, 4.69) is 5.32 Å². The molecule has 3 aromatic rings. The molecule has 2 aromatic carbocycles. The summed E-state index contributed by atoms with van der Waals surface area (Å²) in [5.74, 6) is 0.0199. The molecule has 1 heterocycles. The summed E-state index contributed by atoms with van der Waals surface area (Å²) >= 11 is 7.54. The molecule has 0 fully saturated rings. The summed E-state index contributed by atoms with van der Waals surface area (Å²) in [4.78, 5) is 15.0. The van der Waals surface area contributed by atoms with E-state index in [4.69, 9.17) is 11.6 Å². The van der Waals surface area contributed by atoms with Crippen molar-refractivity contribution in [3.63, 3.8) is 0 Å². The molecule has 0 aliphatic heterocycles. The molecule has 24 heavy (non-hydrogen) atoms. The highest BCUT2D eigenvalue weighted by atomic mass is 35.5. The van der Waals surface area contributed by atoms with Gasteiger partial charge in [-0.15, -0.1) is 11.3 Å². The first-order valence-corrected chi connectivity index (χ1v) is 9.09. The first kappa shape index (κ1) is 17.0. The molecule has 0 radical (unpaired) electrons. The maximum atomic E-state index is 12.6. The van der Waals surface area contributed by atoms with Gasteiger partial charge in [0.05, 0.1) is 16.3 Å². The minimum Gasteiger partial charge on any atom is -0.323 e. The number of quaternary nitrogens is 1. The molecule has 3 nitrogen and oxygen atoms in total. The summed E-state index contributed by atoms with van der Waals surface area (Å²) in [7, 11) is 2.03. The van der Waals surface area contributed by atoms with Crippen LogP contribution in [0.2, 0.25) is 4.34 Å². The molecule has 1 unspecified atom stereocenters. The summed E-state index contributed by atoms with van der Waals surface area (Å²) in [6, 6.07) is 17.8. The smallest absolute Gasteiger partial charge is 0.282 e. The number of halogens is 1. The van der Waals surface area contributed by atoms with Crippen LogP contribution in [-0.2, 0) is 11.3 Å². The van der Waals surface area contributed by atoms with Crippen molar-refractivity contribution in [2.75, 3.05) is 12.4 Å². The second kappa shape index (κ2) is 7.34. The van der Waals surface area contributed by atoms with E-state index in [0.717, 1.165) is 32.2 Å². The Hall–Kier alpha value is -1.88. The molecule has 5 heteroatoms. The lowest BCUT2D eigenvalue weighted by molar-refractivity contribution is -0.907. The lowest BCUT2D eigenvalue weighted by atomic mass is 10.1. The fourth-order valence-electron chi connectivity index (χ4n) is 2.67. The number of carbonyl (C=O) groups excluding carboxylic acids is 1. The fourth-order valence-corrected chi connectivity index (χ4v) is 3.86. The van der Waals surface area contributed by atoms with E-state index >= 15 is 0 Å². The lowest BCUT2D eigenvalue weighted by Gasteiger charge is -2.21. The Morgan fingerprint density at radius 3 is 2.67 bits per heavy atom. The fraction of sp³-hybridized carbons (Fsp3) is 0.211. The maximum Gasteiger partial charge on any atom is 0.282 e. The molecule has 0 saturated carbocycles. The molecular formula is C19H20ClN2OS+. The summed E-state index contributed by atoms with van der Waals surface area (Å²) in [6.45, 7) is 2.73. The second-order valence-electron chi connectivity index (χ2n) is 5.97. The van der Waals surface area contributed by atoms with Crippen LogP contribution in [0.15, 0.2) is 54.6 Å². The molecule has 1 aromatic heterocycles. The molecule has 2 atom stereocenters. The van der Waals surface area contributed by atoms with Gasteiger partial charge in [-0.2, -0.15) is 0 Å². The van der Waals surface area contributed by atoms with E-state index in [9.17, 15) is 4.79 Å². The second-order valence-corrected chi connectivity index (χ2v) is 7.77. The van der Waals surface area contributed by atoms with E-state index in [0.29, 0.717) is 0 Å². The van der Waals surface area contributed by atoms with Crippen LogP contribution in [0.3, 0.4) is 0 Å². The number of hydrogen-bond donors (Lipinski definition) is 2.